The quantitative estimate of drug-likeness (QED) is 0.597. The number of benzene rings is 2. The Hall–Kier alpha value is -2.46. The lowest BCUT2D eigenvalue weighted by Gasteiger charge is -2.31. The number of halogens is 1. The number of ether oxygens (including phenoxy) is 1. The second-order valence-corrected chi connectivity index (χ2v) is 7.08. The highest BCUT2D eigenvalue weighted by atomic mass is 35.5. The van der Waals surface area contributed by atoms with Crippen molar-refractivity contribution in [1.29, 1.82) is 0 Å². The van der Waals surface area contributed by atoms with Crippen LogP contribution in [0.3, 0.4) is 0 Å². The Morgan fingerprint density at radius 1 is 1.15 bits per heavy atom. The van der Waals surface area contributed by atoms with E-state index in [2.05, 4.69) is 36.1 Å². The predicted molar refractivity (Wildman–Crippen MR) is 104 cm³/mol. The average Bonchev–Trinajstić information content (AvgIpc) is 2.67. The van der Waals surface area contributed by atoms with Crippen LogP contribution < -0.4 is 15.3 Å². The maximum absolute atomic E-state index is 12.2. The highest BCUT2D eigenvalue weighted by Gasteiger charge is 2.25. The zero-order chi connectivity index (χ0) is 18.4. The van der Waals surface area contributed by atoms with Crippen LogP contribution in [0.5, 0.6) is 5.75 Å². The van der Waals surface area contributed by atoms with Crippen molar-refractivity contribution in [2.45, 2.75) is 33.7 Å². The number of rotatable bonds is 2. The van der Waals surface area contributed by atoms with Crippen molar-refractivity contribution in [3.05, 3.63) is 68.0 Å². The van der Waals surface area contributed by atoms with Gasteiger partial charge in [0.15, 0.2) is 6.73 Å². The molecule has 134 valence electrons. The molecule has 2 heterocycles. The summed E-state index contributed by atoms with van der Waals surface area (Å²) in [5.74, 6) is 0.604. The van der Waals surface area contributed by atoms with Gasteiger partial charge in [-0.1, -0.05) is 30.7 Å². The summed E-state index contributed by atoms with van der Waals surface area (Å²) in [4.78, 5) is 14.3. The van der Waals surface area contributed by atoms with Gasteiger partial charge in [-0.15, -0.1) is 0 Å². The minimum Gasteiger partial charge on any atom is -0.471 e. The first-order valence-corrected chi connectivity index (χ1v) is 9.09. The van der Waals surface area contributed by atoms with Crippen LogP contribution in [0.1, 0.15) is 29.2 Å². The minimum atomic E-state index is -0.316. The van der Waals surface area contributed by atoms with Crippen molar-refractivity contribution in [1.82, 2.24) is 0 Å². The van der Waals surface area contributed by atoms with Crippen LogP contribution in [0.15, 0.2) is 39.5 Å². The molecule has 3 aromatic rings. The number of nitrogens with zero attached hydrogens (tertiary/aromatic N) is 1. The normalized spacial score (nSPS) is 13.6. The van der Waals surface area contributed by atoms with Gasteiger partial charge in [0.1, 0.15) is 11.3 Å². The molecule has 1 aromatic heterocycles. The number of hydrogen-bond donors (Lipinski definition) is 0. The summed E-state index contributed by atoms with van der Waals surface area (Å²) in [6, 6.07) is 10.2. The predicted octanol–water partition coefficient (Wildman–Crippen LogP) is 4.98. The van der Waals surface area contributed by atoms with E-state index in [4.69, 9.17) is 20.8 Å². The van der Waals surface area contributed by atoms with E-state index >= 15 is 0 Å². The number of aryl methyl sites for hydroxylation is 2. The summed E-state index contributed by atoms with van der Waals surface area (Å²) in [6.45, 7) is 6.80. The molecule has 0 saturated carbocycles. The monoisotopic (exact) mass is 369 g/mol. The van der Waals surface area contributed by atoms with Crippen molar-refractivity contribution in [2.75, 3.05) is 11.6 Å². The van der Waals surface area contributed by atoms with Crippen molar-refractivity contribution in [3.8, 4) is 5.75 Å². The average molecular weight is 370 g/mol. The third kappa shape index (κ3) is 2.65. The maximum Gasteiger partial charge on any atom is 0.339 e. The molecule has 0 aliphatic carbocycles. The van der Waals surface area contributed by atoms with Gasteiger partial charge >= 0.3 is 5.63 Å². The lowest BCUT2D eigenvalue weighted by atomic mass is 10.0. The molecule has 0 saturated heterocycles. The summed E-state index contributed by atoms with van der Waals surface area (Å²) in [5.41, 5.74) is 4.92. The second kappa shape index (κ2) is 6.36. The highest BCUT2D eigenvalue weighted by molar-refractivity contribution is 6.33. The smallest absolute Gasteiger partial charge is 0.339 e. The van der Waals surface area contributed by atoms with Gasteiger partial charge in [0.2, 0.25) is 0 Å². The molecule has 2 aromatic carbocycles. The van der Waals surface area contributed by atoms with Gasteiger partial charge in [0.25, 0.3) is 0 Å². The topological polar surface area (TPSA) is 42.7 Å². The SMILES string of the molecule is CCc1ccc(N2COc3c(Cl)cc4c(C)c(C)c(=O)oc4c3C2)cc1. The van der Waals surface area contributed by atoms with Gasteiger partial charge in [-0.2, -0.15) is 0 Å². The zero-order valence-electron chi connectivity index (χ0n) is 15.1. The summed E-state index contributed by atoms with van der Waals surface area (Å²) in [6.07, 6.45) is 1.00. The van der Waals surface area contributed by atoms with Gasteiger partial charge in [-0.25, -0.2) is 4.79 Å². The van der Waals surface area contributed by atoms with Gasteiger partial charge in [0.05, 0.1) is 17.1 Å². The van der Waals surface area contributed by atoms with Crippen LogP contribution in [0.25, 0.3) is 11.0 Å². The Morgan fingerprint density at radius 3 is 2.58 bits per heavy atom. The molecule has 0 spiro atoms. The van der Waals surface area contributed by atoms with Crippen LogP contribution in [0.2, 0.25) is 5.02 Å². The molecule has 4 nitrogen and oxygen atoms in total. The summed E-state index contributed by atoms with van der Waals surface area (Å²) in [7, 11) is 0. The van der Waals surface area contributed by atoms with E-state index in [1.165, 1.54) is 5.56 Å². The molecule has 0 fully saturated rings. The van der Waals surface area contributed by atoms with Crippen molar-refractivity contribution in [2.24, 2.45) is 0 Å². The van der Waals surface area contributed by atoms with Crippen LogP contribution in [0, 0.1) is 13.8 Å². The molecule has 0 N–H and O–H groups in total. The molecule has 26 heavy (non-hydrogen) atoms. The van der Waals surface area contributed by atoms with E-state index in [1.807, 2.05) is 13.0 Å². The third-order valence-electron chi connectivity index (χ3n) is 5.17. The van der Waals surface area contributed by atoms with Gasteiger partial charge in [0, 0.05) is 16.6 Å². The number of fused-ring (bicyclic) bond motifs is 3. The van der Waals surface area contributed by atoms with Crippen LogP contribution in [0.4, 0.5) is 5.69 Å². The molecule has 1 aliphatic heterocycles. The van der Waals surface area contributed by atoms with E-state index in [0.717, 1.165) is 28.6 Å². The molecular weight excluding hydrogens is 350 g/mol. The Labute approximate surface area is 156 Å². The van der Waals surface area contributed by atoms with Crippen LogP contribution in [-0.2, 0) is 13.0 Å². The van der Waals surface area contributed by atoms with Crippen LogP contribution >= 0.6 is 11.6 Å². The summed E-state index contributed by atoms with van der Waals surface area (Å²) >= 11 is 6.46. The van der Waals surface area contributed by atoms with Gasteiger partial charge in [-0.3, -0.25) is 0 Å². The number of anilines is 1. The molecule has 0 unspecified atom stereocenters. The zero-order valence-corrected chi connectivity index (χ0v) is 15.8. The molecule has 5 heteroatoms. The van der Waals surface area contributed by atoms with E-state index in [-0.39, 0.29) is 5.63 Å². The molecule has 4 rings (SSSR count). The third-order valence-corrected chi connectivity index (χ3v) is 5.45. The largest absolute Gasteiger partial charge is 0.471 e. The summed E-state index contributed by atoms with van der Waals surface area (Å²) in [5, 5.41) is 1.41. The van der Waals surface area contributed by atoms with Crippen molar-refractivity contribution < 1.29 is 9.15 Å². The Balaban J connectivity index is 1.84. The first-order chi connectivity index (χ1) is 12.5. The van der Waals surface area contributed by atoms with E-state index in [0.29, 0.717) is 35.2 Å². The lowest BCUT2D eigenvalue weighted by molar-refractivity contribution is 0.289. The fourth-order valence-electron chi connectivity index (χ4n) is 3.37. The molecule has 0 bridgehead atoms. The minimum absolute atomic E-state index is 0.316. The maximum atomic E-state index is 12.2. The molecule has 0 amide bonds. The standard InChI is InChI=1S/C21H20ClNO3/c1-4-14-5-7-15(8-6-14)23-10-17-19-16(9-18(22)20(17)25-11-23)12(2)13(3)21(24)26-19/h5-9H,4,10-11H2,1-3H3. The molecule has 1 aliphatic rings. The van der Waals surface area contributed by atoms with Gasteiger partial charge in [-0.05, 0) is 49.6 Å². The highest BCUT2D eigenvalue weighted by Crippen LogP contribution is 2.40. The van der Waals surface area contributed by atoms with Crippen LogP contribution in [-0.4, -0.2) is 6.73 Å². The van der Waals surface area contributed by atoms with E-state index in [1.54, 1.807) is 6.92 Å². The second-order valence-electron chi connectivity index (χ2n) is 6.67. The summed E-state index contributed by atoms with van der Waals surface area (Å²) < 4.78 is 11.6. The van der Waals surface area contributed by atoms with E-state index < -0.39 is 0 Å². The Bertz CT molecular complexity index is 1050. The Morgan fingerprint density at radius 2 is 1.88 bits per heavy atom. The van der Waals surface area contributed by atoms with E-state index in [9.17, 15) is 4.79 Å². The van der Waals surface area contributed by atoms with Crippen molar-refractivity contribution in [3.63, 3.8) is 0 Å². The number of hydrogen-bond acceptors (Lipinski definition) is 4. The fraction of sp³-hybridized carbons (Fsp3) is 0.286. The lowest BCUT2D eigenvalue weighted by Crippen LogP contribution is -2.32. The van der Waals surface area contributed by atoms with Gasteiger partial charge < -0.3 is 14.1 Å². The first kappa shape index (κ1) is 17.0. The molecular formula is C21H20ClNO3. The fourth-order valence-corrected chi connectivity index (χ4v) is 3.65. The molecule has 0 atom stereocenters. The van der Waals surface area contributed by atoms with Crippen molar-refractivity contribution >= 4 is 28.3 Å². The first-order valence-electron chi connectivity index (χ1n) is 8.71. The molecule has 0 radical (unpaired) electrons. The Kier molecular flexibility index (Phi) is 4.16.